The maximum absolute atomic E-state index is 12.8. The lowest BCUT2D eigenvalue weighted by Crippen LogP contribution is -2.50. The van der Waals surface area contributed by atoms with Gasteiger partial charge in [-0.25, -0.2) is 0 Å². The van der Waals surface area contributed by atoms with E-state index in [9.17, 15) is 9.59 Å². The first kappa shape index (κ1) is 20.5. The molecule has 6 heteroatoms. The van der Waals surface area contributed by atoms with Crippen molar-refractivity contribution in [2.24, 2.45) is 0 Å². The van der Waals surface area contributed by atoms with Crippen molar-refractivity contribution in [1.82, 2.24) is 10.6 Å². The van der Waals surface area contributed by atoms with E-state index in [-0.39, 0.29) is 23.6 Å². The maximum atomic E-state index is 12.8. The Morgan fingerprint density at radius 3 is 2.50 bits per heavy atom. The zero-order chi connectivity index (χ0) is 19.8. The Balaban J connectivity index is 1.52. The quantitative estimate of drug-likeness (QED) is 0.703. The van der Waals surface area contributed by atoms with Gasteiger partial charge in [0, 0.05) is 6.04 Å². The van der Waals surface area contributed by atoms with Crippen molar-refractivity contribution < 1.29 is 14.0 Å². The lowest BCUT2D eigenvalue weighted by Gasteiger charge is -2.30. The summed E-state index contributed by atoms with van der Waals surface area (Å²) in [7, 11) is 0. The molecular formula is C22H28N2O3S. The first-order chi connectivity index (χ1) is 13.7. The van der Waals surface area contributed by atoms with E-state index >= 15 is 0 Å². The van der Waals surface area contributed by atoms with Crippen LogP contribution in [-0.4, -0.2) is 35.9 Å². The van der Waals surface area contributed by atoms with Crippen LogP contribution in [0.15, 0.2) is 53.1 Å². The second-order valence-corrected chi connectivity index (χ2v) is 8.24. The number of rotatable bonds is 8. The molecule has 1 aromatic heterocycles. The smallest absolute Gasteiger partial charge is 0.287 e. The minimum absolute atomic E-state index is 0.0999. The summed E-state index contributed by atoms with van der Waals surface area (Å²) in [5.41, 5.74) is 1.39. The summed E-state index contributed by atoms with van der Waals surface area (Å²) >= 11 is 1.66. The molecule has 1 saturated carbocycles. The van der Waals surface area contributed by atoms with Gasteiger partial charge in [-0.05, 0) is 67.7 Å². The number of benzene rings is 1. The van der Waals surface area contributed by atoms with E-state index in [0.717, 1.165) is 31.4 Å². The third-order valence-corrected chi connectivity index (χ3v) is 5.97. The van der Waals surface area contributed by atoms with E-state index in [1.54, 1.807) is 23.9 Å². The van der Waals surface area contributed by atoms with E-state index in [1.165, 1.54) is 11.8 Å². The van der Waals surface area contributed by atoms with Crippen molar-refractivity contribution in [3.05, 3.63) is 60.1 Å². The van der Waals surface area contributed by atoms with E-state index in [0.29, 0.717) is 12.3 Å². The number of nitrogens with one attached hydrogen (secondary N) is 2. The van der Waals surface area contributed by atoms with Crippen molar-refractivity contribution in [1.29, 1.82) is 0 Å². The van der Waals surface area contributed by atoms with E-state index in [4.69, 9.17) is 4.42 Å². The van der Waals surface area contributed by atoms with Crippen LogP contribution < -0.4 is 10.6 Å². The average molecular weight is 401 g/mol. The number of thioether (sulfide) groups is 1. The minimum Gasteiger partial charge on any atom is -0.459 e. The van der Waals surface area contributed by atoms with E-state index in [2.05, 4.69) is 34.9 Å². The highest BCUT2D eigenvalue weighted by atomic mass is 32.2. The van der Waals surface area contributed by atoms with Crippen LogP contribution in [0, 0.1) is 0 Å². The molecule has 150 valence electrons. The summed E-state index contributed by atoms with van der Waals surface area (Å²) in [4.78, 5) is 25.1. The summed E-state index contributed by atoms with van der Waals surface area (Å²) in [5.74, 6) is 1.15. The number of carbonyl (C=O) groups is 2. The standard InChI is InChI=1S/C22H28N2O3S/c1-28-15-13-19(24-22(26)20-8-5-14-27-20)21(25)23-18-11-9-17(10-12-18)16-6-3-2-4-7-16/h2-8,14,17-19H,9-13,15H2,1H3,(H,23,25)(H,24,26)/t17?,18?,19-/m1/s1. The van der Waals surface area contributed by atoms with Gasteiger partial charge >= 0.3 is 0 Å². The third kappa shape index (κ3) is 5.64. The molecule has 28 heavy (non-hydrogen) atoms. The number of carbonyl (C=O) groups excluding carboxylic acids is 2. The lowest BCUT2D eigenvalue weighted by molar-refractivity contribution is -0.124. The monoisotopic (exact) mass is 400 g/mol. The minimum atomic E-state index is -0.545. The molecular weight excluding hydrogens is 372 g/mol. The van der Waals surface area contributed by atoms with Gasteiger partial charge < -0.3 is 15.1 Å². The SMILES string of the molecule is CSCC[C@@H](NC(=O)c1ccco1)C(=O)NC1CCC(c2ccccc2)CC1. The average Bonchev–Trinajstić information content (AvgIpc) is 3.27. The zero-order valence-corrected chi connectivity index (χ0v) is 17.0. The fourth-order valence-electron chi connectivity index (χ4n) is 3.74. The van der Waals surface area contributed by atoms with Crippen molar-refractivity contribution in [3.63, 3.8) is 0 Å². The predicted octanol–water partition coefficient (Wildman–Crippen LogP) is 3.97. The molecule has 1 fully saturated rings. The summed E-state index contributed by atoms with van der Waals surface area (Å²) in [6.45, 7) is 0. The van der Waals surface area contributed by atoms with Gasteiger partial charge in [0.1, 0.15) is 6.04 Å². The molecule has 0 bridgehead atoms. The van der Waals surface area contributed by atoms with Gasteiger partial charge in [0.2, 0.25) is 5.91 Å². The van der Waals surface area contributed by atoms with Gasteiger partial charge in [-0.2, -0.15) is 11.8 Å². The number of amides is 2. The van der Waals surface area contributed by atoms with Crippen molar-refractivity contribution >= 4 is 23.6 Å². The molecule has 1 aliphatic carbocycles. The zero-order valence-electron chi connectivity index (χ0n) is 16.2. The number of hydrogen-bond donors (Lipinski definition) is 2. The highest BCUT2D eigenvalue weighted by Gasteiger charge is 2.27. The largest absolute Gasteiger partial charge is 0.459 e. The Labute approximate surface area is 170 Å². The molecule has 0 spiro atoms. The van der Waals surface area contributed by atoms with Crippen LogP contribution >= 0.6 is 11.8 Å². The molecule has 0 saturated heterocycles. The highest BCUT2D eigenvalue weighted by Crippen LogP contribution is 2.32. The normalized spacial score (nSPS) is 20.3. The van der Waals surface area contributed by atoms with Gasteiger partial charge in [0.05, 0.1) is 6.26 Å². The first-order valence-corrected chi connectivity index (χ1v) is 11.3. The molecule has 3 rings (SSSR count). The van der Waals surface area contributed by atoms with E-state index in [1.807, 2.05) is 12.3 Å². The van der Waals surface area contributed by atoms with Crippen LogP contribution in [0.2, 0.25) is 0 Å². The lowest BCUT2D eigenvalue weighted by atomic mass is 9.81. The Bertz CT molecular complexity index is 740. The Morgan fingerprint density at radius 2 is 1.86 bits per heavy atom. The molecule has 2 aromatic rings. The Morgan fingerprint density at radius 1 is 1.11 bits per heavy atom. The molecule has 2 N–H and O–H groups in total. The van der Waals surface area contributed by atoms with Gasteiger partial charge in [-0.1, -0.05) is 30.3 Å². The van der Waals surface area contributed by atoms with Crippen LogP contribution in [-0.2, 0) is 4.79 Å². The van der Waals surface area contributed by atoms with Crippen LogP contribution in [0.25, 0.3) is 0 Å². The van der Waals surface area contributed by atoms with Gasteiger partial charge in [0.25, 0.3) is 5.91 Å². The first-order valence-electron chi connectivity index (χ1n) is 9.86. The van der Waals surface area contributed by atoms with Crippen LogP contribution in [0.5, 0.6) is 0 Å². The molecule has 0 unspecified atom stereocenters. The summed E-state index contributed by atoms with van der Waals surface area (Å²) in [5, 5.41) is 5.98. The fraction of sp³-hybridized carbons (Fsp3) is 0.455. The fourth-order valence-corrected chi connectivity index (χ4v) is 4.21. The van der Waals surface area contributed by atoms with Gasteiger partial charge in [0.15, 0.2) is 5.76 Å². The molecule has 1 aliphatic rings. The Hall–Kier alpha value is -2.21. The second-order valence-electron chi connectivity index (χ2n) is 7.25. The topological polar surface area (TPSA) is 71.3 Å². The second kappa shape index (κ2) is 10.4. The van der Waals surface area contributed by atoms with Crippen molar-refractivity contribution in [2.45, 2.75) is 50.1 Å². The summed E-state index contributed by atoms with van der Waals surface area (Å²) < 4.78 is 5.14. The van der Waals surface area contributed by atoms with Gasteiger partial charge in [-0.3, -0.25) is 9.59 Å². The highest BCUT2D eigenvalue weighted by molar-refractivity contribution is 7.98. The summed E-state index contributed by atoms with van der Waals surface area (Å²) in [6, 6.07) is 13.5. The van der Waals surface area contributed by atoms with Crippen LogP contribution in [0.1, 0.15) is 54.1 Å². The van der Waals surface area contributed by atoms with Gasteiger partial charge in [-0.15, -0.1) is 0 Å². The van der Waals surface area contributed by atoms with Crippen molar-refractivity contribution in [2.75, 3.05) is 12.0 Å². The molecule has 2 amide bonds. The molecule has 1 aromatic carbocycles. The summed E-state index contributed by atoms with van der Waals surface area (Å²) in [6.07, 6.45) is 8.12. The maximum Gasteiger partial charge on any atom is 0.287 e. The number of hydrogen-bond acceptors (Lipinski definition) is 4. The van der Waals surface area contributed by atoms with Crippen molar-refractivity contribution in [3.8, 4) is 0 Å². The molecule has 1 heterocycles. The van der Waals surface area contributed by atoms with Crippen LogP contribution in [0.4, 0.5) is 0 Å². The Kier molecular flexibility index (Phi) is 7.60. The molecule has 0 radical (unpaired) electrons. The van der Waals surface area contributed by atoms with E-state index < -0.39 is 6.04 Å². The van der Waals surface area contributed by atoms with Crippen LogP contribution in [0.3, 0.4) is 0 Å². The molecule has 5 nitrogen and oxygen atoms in total. The predicted molar refractivity (Wildman–Crippen MR) is 113 cm³/mol. The number of furan rings is 1. The molecule has 1 atom stereocenters. The third-order valence-electron chi connectivity index (χ3n) is 5.32. The molecule has 0 aliphatic heterocycles.